The lowest BCUT2D eigenvalue weighted by Crippen LogP contribution is -2.34. The number of aliphatic imine (C=N–C) groups is 1. The lowest BCUT2D eigenvalue weighted by molar-refractivity contribution is 0.866. The van der Waals surface area contributed by atoms with Gasteiger partial charge in [-0.15, -0.1) is 24.0 Å². The van der Waals surface area contributed by atoms with Gasteiger partial charge in [0, 0.05) is 26.2 Å². The highest BCUT2D eigenvalue weighted by Crippen LogP contribution is 2.15. The quantitative estimate of drug-likeness (QED) is 0.432. The number of H-pyrrole nitrogens is 1. The number of aromatic amines is 1. The zero-order valence-electron chi connectivity index (χ0n) is 10.8. The summed E-state index contributed by atoms with van der Waals surface area (Å²) < 4.78 is 0. The van der Waals surface area contributed by atoms with Gasteiger partial charge in [0.1, 0.15) is 6.33 Å². The maximum Gasteiger partial charge on any atom is 0.190 e. The molecule has 19 heavy (non-hydrogen) atoms. The number of nitrogens with one attached hydrogen (secondary N) is 3. The highest BCUT2D eigenvalue weighted by Gasteiger charge is 2.02. The summed E-state index contributed by atoms with van der Waals surface area (Å²) in [6.45, 7) is 0.704. The van der Waals surface area contributed by atoms with Gasteiger partial charge in [-0.2, -0.15) is 5.10 Å². The molecule has 0 aliphatic carbocycles. The minimum absolute atomic E-state index is 0. The fraction of sp³-hybridized carbons (Fsp3) is 0.250. The molecule has 3 N–H and O–H groups in total. The Hall–Kier alpha value is -1.64. The normalized spacial score (nSPS) is 10.7. The molecule has 0 amide bonds. The van der Waals surface area contributed by atoms with Crippen LogP contribution >= 0.6 is 24.0 Å². The van der Waals surface area contributed by atoms with E-state index >= 15 is 0 Å². The predicted molar refractivity (Wildman–Crippen MR) is 86.5 cm³/mol. The second-order valence-corrected chi connectivity index (χ2v) is 3.71. The van der Waals surface area contributed by atoms with Gasteiger partial charge in [0.05, 0.1) is 0 Å². The first-order valence-corrected chi connectivity index (χ1v) is 5.66. The fourth-order valence-electron chi connectivity index (χ4n) is 1.64. The molecular weight excluding hydrogens is 355 g/mol. The fourth-order valence-corrected chi connectivity index (χ4v) is 1.64. The maximum absolute atomic E-state index is 4.13. The van der Waals surface area contributed by atoms with E-state index in [1.54, 1.807) is 7.05 Å². The molecular formula is C12H17IN6. The molecule has 0 bridgehead atoms. The Morgan fingerprint density at radius 2 is 2.26 bits per heavy atom. The van der Waals surface area contributed by atoms with Gasteiger partial charge in [-0.05, 0) is 11.6 Å². The van der Waals surface area contributed by atoms with Crippen LogP contribution in [0.1, 0.15) is 5.56 Å². The zero-order chi connectivity index (χ0) is 12.8. The van der Waals surface area contributed by atoms with Crippen LogP contribution in [0.15, 0.2) is 35.6 Å². The highest BCUT2D eigenvalue weighted by atomic mass is 127. The second kappa shape index (κ2) is 7.72. The van der Waals surface area contributed by atoms with E-state index in [9.17, 15) is 0 Å². The molecule has 0 spiro atoms. The molecule has 1 aromatic heterocycles. The van der Waals surface area contributed by atoms with Crippen LogP contribution < -0.4 is 10.6 Å². The van der Waals surface area contributed by atoms with E-state index in [1.807, 2.05) is 19.2 Å². The summed E-state index contributed by atoms with van der Waals surface area (Å²) in [5, 5.41) is 12.9. The van der Waals surface area contributed by atoms with Crippen LogP contribution in [0.4, 0.5) is 0 Å². The largest absolute Gasteiger partial charge is 0.359 e. The number of guanidine groups is 1. The average molecular weight is 372 g/mol. The van der Waals surface area contributed by atoms with Gasteiger partial charge < -0.3 is 10.6 Å². The van der Waals surface area contributed by atoms with Crippen LogP contribution in [0.3, 0.4) is 0 Å². The van der Waals surface area contributed by atoms with Crippen molar-refractivity contribution in [2.45, 2.75) is 6.54 Å². The maximum atomic E-state index is 4.13. The number of aromatic nitrogens is 3. The van der Waals surface area contributed by atoms with Crippen molar-refractivity contribution in [2.75, 3.05) is 14.1 Å². The lowest BCUT2D eigenvalue weighted by atomic mass is 10.1. The van der Waals surface area contributed by atoms with Crippen LogP contribution in [0.2, 0.25) is 0 Å². The Balaban J connectivity index is 0.00000180. The van der Waals surface area contributed by atoms with Gasteiger partial charge in [0.25, 0.3) is 0 Å². The third-order valence-electron chi connectivity index (χ3n) is 2.54. The second-order valence-electron chi connectivity index (χ2n) is 3.71. The molecule has 0 unspecified atom stereocenters. The monoisotopic (exact) mass is 372 g/mol. The Labute approximate surface area is 129 Å². The van der Waals surface area contributed by atoms with Crippen molar-refractivity contribution in [1.29, 1.82) is 0 Å². The Kier molecular flexibility index (Phi) is 6.26. The molecule has 0 fully saturated rings. The van der Waals surface area contributed by atoms with Gasteiger partial charge in [-0.1, -0.05) is 18.2 Å². The summed E-state index contributed by atoms with van der Waals surface area (Å²) >= 11 is 0. The molecule has 1 aromatic carbocycles. The smallest absolute Gasteiger partial charge is 0.190 e. The van der Waals surface area contributed by atoms with Gasteiger partial charge in [0.2, 0.25) is 0 Å². The number of rotatable bonds is 3. The van der Waals surface area contributed by atoms with E-state index in [2.05, 4.69) is 42.9 Å². The van der Waals surface area contributed by atoms with E-state index in [4.69, 9.17) is 0 Å². The van der Waals surface area contributed by atoms with Crippen LogP contribution in [0.25, 0.3) is 11.4 Å². The Morgan fingerprint density at radius 1 is 1.42 bits per heavy atom. The molecule has 2 aromatic rings. The number of benzene rings is 1. The minimum Gasteiger partial charge on any atom is -0.359 e. The predicted octanol–water partition coefficient (Wildman–Crippen LogP) is 1.38. The molecule has 0 aliphatic heterocycles. The summed E-state index contributed by atoms with van der Waals surface area (Å²) in [5.41, 5.74) is 2.17. The van der Waals surface area contributed by atoms with Crippen molar-refractivity contribution >= 4 is 29.9 Å². The topological polar surface area (TPSA) is 78.0 Å². The van der Waals surface area contributed by atoms with Crippen LogP contribution in [0.5, 0.6) is 0 Å². The minimum atomic E-state index is 0. The van der Waals surface area contributed by atoms with Crippen LogP contribution in [0, 0.1) is 0 Å². The van der Waals surface area contributed by atoms with Gasteiger partial charge in [-0.3, -0.25) is 10.1 Å². The van der Waals surface area contributed by atoms with Crippen molar-refractivity contribution in [2.24, 2.45) is 4.99 Å². The van der Waals surface area contributed by atoms with E-state index in [0.717, 1.165) is 22.9 Å². The van der Waals surface area contributed by atoms with Crippen molar-refractivity contribution in [3.05, 3.63) is 36.2 Å². The lowest BCUT2D eigenvalue weighted by Gasteiger charge is -2.09. The van der Waals surface area contributed by atoms with Crippen molar-refractivity contribution in [3.63, 3.8) is 0 Å². The van der Waals surface area contributed by atoms with Gasteiger partial charge in [0.15, 0.2) is 11.8 Å². The third-order valence-corrected chi connectivity index (χ3v) is 2.54. The summed E-state index contributed by atoms with van der Waals surface area (Å²) in [4.78, 5) is 8.19. The number of hydrogen-bond donors (Lipinski definition) is 3. The average Bonchev–Trinajstić information content (AvgIpc) is 2.94. The summed E-state index contributed by atoms with van der Waals surface area (Å²) in [6, 6.07) is 8.11. The number of nitrogens with zero attached hydrogens (tertiary/aromatic N) is 3. The molecule has 0 aliphatic rings. The van der Waals surface area contributed by atoms with Crippen LogP contribution in [-0.4, -0.2) is 35.2 Å². The molecule has 1 heterocycles. The van der Waals surface area contributed by atoms with Crippen LogP contribution in [-0.2, 0) is 6.54 Å². The molecule has 102 valence electrons. The molecule has 0 atom stereocenters. The first-order chi connectivity index (χ1) is 8.83. The first-order valence-electron chi connectivity index (χ1n) is 5.66. The van der Waals surface area contributed by atoms with E-state index in [1.165, 1.54) is 6.33 Å². The van der Waals surface area contributed by atoms with E-state index in [-0.39, 0.29) is 24.0 Å². The van der Waals surface area contributed by atoms with Gasteiger partial charge in [-0.25, -0.2) is 4.98 Å². The standard InChI is InChI=1S/C12H16N6.HI/c1-13-12(14-2)15-7-9-4-3-5-10(6-9)11-16-8-17-18-11;/h3-6,8H,7H2,1-2H3,(H2,13,14,15)(H,16,17,18);1H. The zero-order valence-corrected chi connectivity index (χ0v) is 13.2. The number of halogens is 1. The highest BCUT2D eigenvalue weighted by molar-refractivity contribution is 14.0. The molecule has 6 nitrogen and oxygen atoms in total. The summed E-state index contributed by atoms with van der Waals surface area (Å²) in [6.07, 6.45) is 1.50. The Morgan fingerprint density at radius 3 is 2.89 bits per heavy atom. The molecule has 2 rings (SSSR count). The van der Waals surface area contributed by atoms with Gasteiger partial charge >= 0.3 is 0 Å². The Bertz CT molecular complexity index is 523. The molecule has 0 saturated heterocycles. The molecule has 0 saturated carbocycles. The molecule has 7 heteroatoms. The van der Waals surface area contributed by atoms with Crippen molar-refractivity contribution in [3.8, 4) is 11.4 Å². The van der Waals surface area contributed by atoms with E-state index in [0.29, 0.717) is 6.54 Å². The summed E-state index contributed by atoms with van der Waals surface area (Å²) in [7, 11) is 3.57. The van der Waals surface area contributed by atoms with E-state index < -0.39 is 0 Å². The third kappa shape index (κ3) is 4.19. The number of hydrogen-bond acceptors (Lipinski definition) is 3. The van der Waals surface area contributed by atoms with Crippen molar-refractivity contribution < 1.29 is 0 Å². The van der Waals surface area contributed by atoms with Crippen molar-refractivity contribution in [1.82, 2.24) is 25.8 Å². The molecule has 0 radical (unpaired) electrons. The SMILES string of the molecule is CN=C(NC)NCc1cccc(-c2ncn[nH]2)c1.I. The first kappa shape index (κ1) is 15.4. The summed E-state index contributed by atoms with van der Waals surface area (Å²) in [5.74, 6) is 1.54.